The van der Waals surface area contributed by atoms with Crippen molar-refractivity contribution in [3.8, 4) is 22.8 Å². The van der Waals surface area contributed by atoms with Crippen LogP contribution in [0.5, 0.6) is 11.5 Å². The Morgan fingerprint density at radius 2 is 1.80 bits per heavy atom. The van der Waals surface area contributed by atoms with E-state index >= 15 is 0 Å². The van der Waals surface area contributed by atoms with Crippen molar-refractivity contribution >= 4 is 29.2 Å². The lowest BCUT2D eigenvalue weighted by atomic mass is 10.1. The van der Waals surface area contributed by atoms with Gasteiger partial charge in [-0.3, -0.25) is 10.1 Å². The third-order valence-electron chi connectivity index (χ3n) is 5.08. The molecule has 176 valence electrons. The number of amides is 3. The molecule has 3 heterocycles. The number of rotatable bonds is 5. The Balaban J connectivity index is 1.19. The molecule has 0 bridgehead atoms. The maximum absolute atomic E-state index is 12.6. The van der Waals surface area contributed by atoms with E-state index in [-0.39, 0.29) is 11.2 Å². The standard InChI is InChI=1S/C24H19N5O6/c30-21(28-24(32)27-16-6-7-19-20(12-16)34-11-10-33-19)14-35-23(31)17-13-26-29-18(8-9-25-22(17)29)15-4-2-1-3-5-15/h1-9,12-13H,10-11,14H2,(H2,27,28,30,32). The monoisotopic (exact) mass is 473 g/mol. The van der Waals surface area contributed by atoms with E-state index in [1.807, 2.05) is 30.3 Å². The predicted molar refractivity (Wildman–Crippen MR) is 123 cm³/mol. The molecule has 0 atom stereocenters. The molecule has 2 aromatic carbocycles. The molecule has 0 fully saturated rings. The highest BCUT2D eigenvalue weighted by Gasteiger charge is 2.19. The van der Waals surface area contributed by atoms with E-state index in [4.69, 9.17) is 14.2 Å². The highest BCUT2D eigenvalue weighted by atomic mass is 16.6. The summed E-state index contributed by atoms with van der Waals surface area (Å²) in [6.07, 6.45) is 2.88. The molecule has 0 unspecified atom stereocenters. The van der Waals surface area contributed by atoms with Gasteiger partial charge in [0.15, 0.2) is 23.8 Å². The van der Waals surface area contributed by atoms with Gasteiger partial charge < -0.3 is 19.5 Å². The van der Waals surface area contributed by atoms with E-state index in [0.29, 0.717) is 30.4 Å². The average molecular weight is 473 g/mol. The maximum Gasteiger partial charge on any atom is 0.344 e. The van der Waals surface area contributed by atoms with Gasteiger partial charge in [-0.15, -0.1) is 0 Å². The molecule has 35 heavy (non-hydrogen) atoms. The van der Waals surface area contributed by atoms with Gasteiger partial charge in [-0.05, 0) is 18.2 Å². The molecule has 0 radical (unpaired) electrons. The Hall–Kier alpha value is -4.93. The molecular formula is C24H19N5O6. The van der Waals surface area contributed by atoms with E-state index in [1.54, 1.807) is 30.5 Å². The first-order valence-electron chi connectivity index (χ1n) is 10.6. The topological polar surface area (TPSA) is 133 Å². The molecule has 0 spiro atoms. The van der Waals surface area contributed by atoms with Crippen molar-refractivity contribution in [1.29, 1.82) is 0 Å². The SMILES string of the molecule is O=C(COC(=O)c1cnn2c(-c3ccccc3)ccnc12)NC(=O)Nc1ccc2c(c1)OCCO2. The highest BCUT2D eigenvalue weighted by molar-refractivity contribution is 6.03. The molecule has 1 aliphatic rings. The van der Waals surface area contributed by atoms with Crippen molar-refractivity contribution in [2.75, 3.05) is 25.1 Å². The van der Waals surface area contributed by atoms with Crippen LogP contribution in [0.25, 0.3) is 16.9 Å². The summed E-state index contributed by atoms with van der Waals surface area (Å²) >= 11 is 0. The molecule has 0 saturated heterocycles. The largest absolute Gasteiger partial charge is 0.486 e. The minimum atomic E-state index is -0.803. The third kappa shape index (κ3) is 4.74. The number of esters is 1. The zero-order valence-corrected chi connectivity index (χ0v) is 18.3. The summed E-state index contributed by atoms with van der Waals surface area (Å²) in [6.45, 7) is 0.193. The first-order chi connectivity index (χ1) is 17.1. The Labute approximate surface area is 198 Å². The molecule has 1 aliphatic heterocycles. The molecule has 4 aromatic rings. The number of aromatic nitrogens is 3. The van der Waals surface area contributed by atoms with Crippen molar-refractivity contribution in [3.63, 3.8) is 0 Å². The summed E-state index contributed by atoms with van der Waals surface area (Å²) in [5.74, 6) is -0.530. The molecule has 11 nitrogen and oxygen atoms in total. The third-order valence-corrected chi connectivity index (χ3v) is 5.08. The van der Waals surface area contributed by atoms with Gasteiger partial charge in [-0.25, -0.2) is 19.1 Å². The Bertz CT molecular complexity index is 1420. The van der Waals surface area contributed by atoms with Crippen molar-refractivity contribution in [2.24, 2.45) is 0 Å². The number of urea groups is 1. The van der Waals surface area contributed by atoms with Crippen molar-refractivity contribution in [2.45, 2.75) is 0 Å². The number of benzene rings is 2. The molecule has 2 N–H and O–H groups in total. The second-order valence-electron chi connectivity index (χ2n) is 7.43. The Kier molecular flexibility index (Phi) is 5.95. The summed E-state index contributed by atoms with van der Waals surface area (Å²) in [5.41, 5.74) is 2.42. The van der Waals surface area contributed by atoms with Gasteiger partial charge >= 0.3 is 12.0 Å². The molecule has 3 amide bonds. The van der Waals surface area contributed by atoms with Gasteiger partial charge in [-0.1, -0.05) is 30.3 Å². The van der Waals surface area contributed by atoms with Gasteiger partial charge in [0.25, 0.3) is 5.91 Å². The number of carbonyl (C=O) groups excluding carboxylic acids is 3. The lowest BCUT2D eigenvalue weighted by molar-refractivity contribution is -0.123. The minimum Gasteiger partial charge on any atom is -0.486 e. The van der Waals surface area contributed by atoms with E-state index in [1.165, 1.54) is 10.7 Å². The first-order valence-corrected chi connectivity index (χ1v) is 10.6. The van der Waals surface area contributed by atoms with Gasteiger partial charge in [0.1, 0.15) is 18.8 Å². The average Bonchev–Trinajstić information content (AvgIpc) is 3.32. The summed E-state index contributed by atoms with van der Waals surface area (Å²) in [7, 11) is 0. The number of fused-ring (bicyclic) bond motifs is 2. The van der Waals surface area contributed by atoms with E-state index in [9.17, 15) is 14.4 Å². The number of carbonyl (C=O) groups is 3. The number of nitrogens with zero attached hydrogens (tertiary/aromatic N) is 3. The van der Waals surface area contributed by atoms with Crippen LogP contribution in [0.15, 0.2) is 67.0 Å². The highest BCUT2D eigenvalue weighted by Crippen LogP contribution is 2.32. The fraction of sp³-hybridized carbons (Fsp3) is 0.125. The van der Waals surface area contributed by atoms with Crippen LogP contribution in [0.4, 0.5) is 10.5 Å². The zero-order chi connectivity index (χ0) is 24.2. The smallest absolute Gasteiger partial charge is 0.344 e. The molecule has 11 heteroatoms. The summed E-state index contributed by atoms with van der Waals surface area (Å²) in [6, 6.07) is 15.3. The van der Waals surface area contributed by atoms with Gasteiger partial charge in [0.2, 0.25) is 0 Å². The Morgan fingerprint density at radius 1 is 1.00 bits per heavy atom. The zero-order valence-electron chi connectivity index (χ0n) is 18.3. The van der Waals surface area contributed by atoms with Crippen molar-refractivity contribution in [1.82, 2.24) is 19.9 Å². The van der Waals surface area contributed by atoms with Crippen LogP contribution in [-0.2, 0) is 9.53 Å². The van der Waals surface area contributed by atoms with Crippen LogP contribution in [0.2, 0.25) is 0 Å². The van der Waals surface area contributed by atoms with Crippen LogP contribution >= 0.6 is 0 Å². The van der Waals surface area contributed by atoms with Crippen LogP contribution < -0.4 is 20.1 Å². The van der Waals surface area contributed by atoms with E-state index < -0.39 is 24.5 Å². The lowest BCUT2D eigenvalue weighted by Crippen LogP contribution is -2.37. The van der Waals surface area contributed by atoms with Crippen LogP contribution in [0.1, 0.15) is 10.4 Å². The number of imide groups is 1. The maximum atomic E-state index is 12.6. The van der Waals surface area contributed by atoms with E-state index in [0.717, 1.165) is 11.3 Å². The summed E-state index contributed by atoms with van der Waals surface area (Å²) < 4.78 is 17.5. The van der Waals surface area contributed by atoms with Crippen LogP contribution in [0, 0.1) is 0 Å². The second-order valence-corrected chi connectivity index (χ2v) is 7.43. The normalized spacial score (nSPS) is 12.1. The second kappa shape index (κ2) is 9.51. The van der Waals surface area contributed by atoms with Crippen LogP contribution in [-0.4, -0.2) is 52.3 Å². The molecule has 5 rings (SSSR count). The number of nitrogens with one attached hydrogen (secondary N) is 2. The summed E-state index contributed by atoms with van der Waals surface area (Å²) in [4.78, 5) is 41.0. The molecular weight excluding hydrogens is 454 g/mol. The summed E-state index contributed by atoms with van der Waals surface area (Å²) in [5, 5.41) is 8.85. The minimum absolute atomic E-state index is 0.0938. The molecule has 0 aliphatic carbocycles. The predicted octanol–water partition coefficient (Wildman–Crippen LogP) is 2.67. The van der Waals surface area contributed by atoms with Crippen molar-refractivity contribution < 1.29 is 28.6 Å². The molecule has 2 aromatic heterocycles. The quantitative estimate of drug-likeness (QED) is 0.423. The Morgan fingerprint density at radius 3 is 2.63 bits per heavy atom. The van der Waals surface area contributed by atoms with Crippen molar-refractivity contribution in [3.05, 3.63) is 72.6 Å². The van der Waals surface area contributed by atoms with Crippen LogP contribution in [0.3, 0.4) is 0 Å². The number of anilines is 1. The van der Waals surface area contributed by atoms with Gasteiger partial charge in [-0.2, -0.15) is 5.10 Å². The fourth-order valence-electron chi connectivity index (χ4n) is 3.52. The number of hydrogen-bond donors (Lipinski definition) is 2. The van der Waals surface area contributed by atoms with Gasteiger partial charge in [0.05, 0.1) is 11.9 Å². The fourth-order valence-corrected chi connectivity index (χ4v) is 3.52. The number of ether oxygens (including phenoxy) is 3. The molecule has 0 saturated carbocycles. The lowest BCUT2D eigenvalue weighted by Gasteiger charge is -2.19. The first kappa shape index (κ1) is 21.9. The number of hydrogen-bond acceptors (Lipinski definition) is 8. The van der Waals surface area contributed by atoms with Gasteiger partial charge in [0, 0.05) is 23.5 Å². The van der Waals surface area contributed by atoms with E-state index in [2.05, 4.69) is 20.7 Å².